The molecule has 1 aromatic heterocycles. The summed E-state index contributed by atoms with van der Waals surface area (Å²) in [4.78, 5) is 19.1. The highest BCUT2D eigenvalue weighted by atomic mass is 35.5. The molecule has 1 aromatic carbocycles. The van der Waals surface area contributed by atoms with Crippen molar-refractivity contribution in [3.63, 3.8) is 0 Å². The molecule has 0 aliphatic carbocycles. The van der Waals surface area contributed by atoms with Crippen LogP contribution in [0.2, 0.25) is 5.02 Å². The normalized spacial score (nSPS) is 18.0. The lowest BCUT2D eigenvalue weighted by Gasteiger charge is -2.35. The summed E-state index contributed by atoms with van der Waals surface area (Å²) >= 11 is 5.97. The Hall–Kier alpha value is -1.91. The molecule has 1 saturated heterocycles. The fraction of sp³-hybridized carbons (Fsp3) is 0.400. The van der Waals surface area contributed by atoms with E-state index in [1.165, 1.54) is 12.8 Å². The summed E-state index contributed by atoms with van der Waals surface area (Å²) in [7, 11) is 0. The van der Waals surface area contributed by atoms with Crippen LogP contribution in [-0.2, 0) is 11.3 Å². The second kappa shape index (κ2) is 8.97. The summed E-state index contributed by atoms with van der Waals surface area (Å²) < 4.78 is 0. The van der Waals surface area contributed by atoms with Crippen LogP contribution in [0.3, 0.4) is 0 Å². The number of piperidine rings is 1. The zero-order valence-corrected chi connectivity index (χ0v) is 15.1. The van der Waals surface area contributed by atoms with Gasteiger partial charge < -0.3 is 5.32 Å². The highest BCUT2D eigenvalue weighted by molar-refractivity contribution is 6.30. The predicted molar refractivity (Wildman–Crippen MR) is 100 cm³/mol. The van der Waals surface area contributed by atoms with Gasteiger partial charge in [0.1, 0.15) is 0 Å². The van der Waals surface area contributed by atoms with Crippen LogP contribution >= 0.6 is 11.6 Å². The Morgan fingerprint density at radius 2 is 2.16 bits per heavy atom. The number of carbonyl (C=O) groups is 1. The minimum atomic E-state index is 0.0744. The molecule has 0 radical (unpaired) electrons. The summed E-state index contributed by atoms with van der Waals surface area (Å²) in [6, 6.07) is 14.0. The number of carbonyl (C=O) groups excluding carboxylic acids is 1. The van der Waals surface area contributed by atoms with Gasteiger partial charge in [-0.3, -0.25) is 14.7 Å². The number of rotatable bonds is 6. The van der Waals surface area contributed by atoms with Gasteiger partial charge in [0.25, 0.3) is 0 Å². The molecule has 1 aliphatic heterocycles. The molecule has 0 bridgehead atoms. The minimum absolute atomic E-state index is 0.0744. The van der Waals surface area contributed by atoms with E-state index in [0.29, 0.717) is 24.0 Å². The molecule has 1 N–H and O–H groups in total. The van der Waals surface area contributed by atoms with Crippen molar-refractivity contribution in [1.29, 1.82) is 0 Å². The molecule has 5 heteroatoms. The van der Waals surface area contributed by atoms with Crippen LogP contribution < -0.4 is 5.32 Å². The number of pyridine rings is 1. The lowest BCUT2D eigenvalue weighted by Crippen LogP contribution is -2.37. The number of likely N-dealkylation sites (tertiary alicyclic amines) is 1. The maximum absolute atomic E-state index is 12.2. The average Bonchev–Trinajstić information content (AvgIpc) is 2.66. The Balaban J connectivity index is 1.50. The summed E-state index contributed by atoms with van der Waals surface area (Å²) in [6.45, 7) is 2.31. The Morgan fingerprint density at radius 1 is 1.24 bits per heavy atom. The monoisotopic (exact) mass is 357 g/mol. The standard InChI is InChI=1S/C20H24ClN3O/c21-17-7-5-6-16(14-17)15-23-20(25)10-13-24-12-4-2-9-19(24)18-8-1-3-11-22-18/h1,3,5-8,11,14,19H,2,4,9-10,12-13,15H2,(H,23,25)/t19-/m0/s1. The predicted octanol–water partition coefficient (Wildman–Crippen LogP) is 3.97. The molecule has 1 atom stereocenters. The Kier molecular flexibility index (Phi) is 6.42. The van der Waals surface area contributed by atoms with Crippen molar-refractivity contribution in [2.24, 2.45) is 0 Å². The first-order valence-electron chi connectivity index (χ1n) is 8.88. The quantitative estimate of drug-likeness (QED) is 0.850. The van der Waals surface area contributed by atoms with Crippen LogP contribution in [0.1, 0.15) is 43.0 Å². The largest absolute Gasteiger partial charge is 0.352 e. The summed E-state index contributed by atoms with van der Waals surface area (Å²) in [6.07, 6.45) is 5.87. The maximum atomic E-state index is 12.2. The Labute approximate surface area is 154 Å². The van der Waals surface area contributed by atoms with Crippen LogP contribution in [0.4, 0.5) is 0 Å². The van der Waals surface area contributed by atoms with E-state index in [2.05, 4.69) is 21.3 Å². The molecule has 1 aliphatic rings. The zero-order chi connectivity index (χ0) is 17.5. The third-order valence-electron chi connectivity index (χ3n) is 4.65. The van der Waals surface area contributed by atoms with Gasteiger partial charge in [0.15, 0.2) is 0 Å². The summed E-state index contributed by atoms with van der Waals surface area (Å²) in [5, 5.41) is 3.67. The number of amides is 1. The van der Waals surface area contributed by atoms with Crippen molar-refractivity contribution < 1.29 is 4.79 Å². The first-order chi connectivity index (χ1) is 12.2. The van der Waals surface area contributed by atoms with Crippen molar-refractivity contribution >= 4 is 17.5 Å². The lowest BCUT2D eigenvalue weighted by atomic mass is 9.98. The zero-order valence-electron chi connectivity index (χ0n) is 14.3. The molecule has 0 spiro atoms. The van der Waals surface area contributed by atoms with Crippen LogP contribution in [0.5, 0.6) is 0 Å². The molecular formula is C20H24ClN3O. The molecule has 0 saturated carbocycles. The van der Waals surface area contributed by atoms with Crippen molar-refractivity contribution in [1.82, 2.24) is 15.2 Å². The smallest absolute Gasteiger partial charge is 0.221 e. The van der Waals surface area contributed by atoms with Gasteiger partial charge in [0.2, 0.25) is 5.91 Å². The summed E-state index contributed by atoms with van der Waals surface area (Å²) in [5.41, 5.74) is 2.13. The highest BCUT2D eigenvalue weighted by Crippen LogP contribution is 2.29. The van der Waals surface area contributed by atoms with E-state index in [1.54, 1.807) is 0 Å². The molecule has 0 unspecified atom stereocenters. The number of nitrogens with zero attached hydrogens (tertiary/aromatic N) is 2. The fourth-order valence-electron chi connectivity index (χ4n) is 3.35. The number of halogens is 1. The molecule has 2 heterocycles. The van der Waals surface area contributed by atoms with Gasteiger partial charge in [-0.1, -0.05) is 36.2 Å². The second-order valence-corrected chi connectivity index (χ2v) is 6.90. The number of hydrogen-bond acceptors (Lipinski definition) is 3. The van der Waals surface area contributed by atoms with E-state index in [9.17, 15) is 4.79 Å². The fourth-order valence-corrected chi connectivity index (χ4v) is 3.56. The van der Waals surface area contributed by atoms with Crippen LogP contribution in [0.15, 0.2) is 48.7 Å². The number of hydrogen-bond donors (Lipinski definition) is 1. The molecule has 1 amide bonds. The SMILES string of the molecule is O=C(CCN1CCCC[C@H]1c1ccccn1)NCc1cccc(Cl)c1. The van der Waals surface area contributed by atoms with Gasteiger partial charge in [-0.15, -0.1) is 0 Å². The molecule has 3 rings (SSSR count). The number of nitrogens with one attached hydrogen (secondary N) is 1. The van der Waals surface area contributed by atoms with Gasteiger partial charge in [-0.25, -0.2) is 0 Å². The van der Waals surface area contributed by atoms with E-state index in [1.807, 2.05) is 42.6 Å². The average molecular weight is 358 g/mol. The van der Waals surface area contributed by atoms with E-state index in [4.69, 9.17) is 11.6 Å². The molecule has 25 heavy (non-hydrogen) atoms. The van der Waals surface area contributed by atoms with E-state index in [0.717, 1.165) is 30.8 Å². The van der Waals surface area contributed by atoms with Crippen molar-refractivity contribution in [2.45, 2.75) is 38.3 Å². The third kappa shape index (κ3) is 5.28. The Morgan fingerprint density at radius 3 is 2.96 bits per heavy atom. The first-order valence-corrected chi connectivity index (χ1v) is 9.26. The van der Waals surface area contributed by atoms with Gasteiger partial charge >= 0.3 is 0 Å². The molecule has 132 valence electrons. The summed E-state index contributed by atoms with van der Waals surface area (Å²) in [5.74, 6) is 0.0744. The van der Waals surface area contributed by atoms with Crippen LogP contribution in [0, 0.1) is 0 Å². The molecule has 4 nitrogen and oxygen atoms in total. The van der Waals surface area contributed by atoms with Crippen LogP contribution in [0.25, 0.3) is 0 Å². The number of benzene rings is 1. The van der Waals surface area contributed by atoms with Gasteiger partial charge in [-0.05, 0) is 49.2 Å². The topological polar surface area (TPSA) is 45.2 Å². The second-order valence-electron chi connectivity index (χ2n) is 6.46. The maximum Gasteiger partial charge on any atom is 0.221 e. The molecular weight excluding hydrogens is 334 g/mol. The van der Waals surface area contributed by atoms with Crippen molar-refractivity contribution in [3.8, 4) is 0 Å². The molecule has 2 aromatic rings. The van der Waals surface area contributed by atoms with E-state index < -0.39 is 0 Å². The highest BCUT2D eigenvalue weighted by Gasteiger charge is 2.24. The first kappa shape index (κ1) is 17.9. The minimum Gasteiger partial charge on any atom is -0.352 e. The van der Waals surface area contributed by atoms with E-state index >= 15 is 0 Å². The van der Waals surface area contributed by atoms with Gasteiger partial charge in [0, 0.05) is 30.7 Å². The Bertz CT molecular complexity index is 692. The van der Waals surface area contributed by atoms with Crippen LogP contribution in [-0.4, -0.2) is 28.9 Å². The van der Waals surface area contributed by atoms with Gasteiger partial charge in [0.05, 0.1) is 11.7 Å². The van der Waals surface area contributed by atoms with Crippen molar-refractivity contribution in [2.75, 3.05) is 13.1 Å². The van der Waals surface area contributed by atoms with Gasteiger partial charge in [-0.2, -0.15) is 0 Å². The van der Waals surface area contributed by atoms with E-state index in [-0.39, 0.29) is 5.91 Å². The van der Waals surface area contributed by atoms with Crippen molar-refractivity contribution in [3.05, 3.63) is 64.9 Å². The number of aromatic nitrogens is 1. The third-order valence-corrected chi connectivity index (χ3v) is 4.88. The lowest BCUT2D eigenvalue weighted by molar-refractivity contribution is -0.121. The molecule has 1 fully saturated rings.